The average molecular weight is 477 g/mol. The molecule has 0 amide bonds. The Morgan fingerprint density at radius 1 is 0.733 bits per heavy atom. The van der Waals surface area contributed by atoms with Gasteiger partial charge >= 0.3 is 0 Å². The standard InChI is InChI=1S/C17H20N2S.2CH4O3S/c1-18(2)14-7-5-12-9-13-6-8-15(19(3)4)11-17(13)20-16(12)10-14;2*1-5(2,3)4/h5-8,10-11H,9H2,1-4H3;2*1H3,(H,2,3,4). The Morgan fingerprint density at radius 2 is 1.03 bits per heavy atom. The third kappa shape index (κ3) is 10.5. The predicted molar refractivity (Wildman–Crippen MR) is 116 cm³/mol. The van der Waals surface area contributed by atoms with E-state index in [4.69, 9.17) is 25.9 Å². The summed E-state index contributed by atoms with van der Waals surface area (Å²) < 4.78 is 54.5. The largest absolute Gasteiger partial charge is 0.748 e. The summed E-state index contributed by atoms with van der Waals surface area (Å²) in [5.74, 6) is 0. The molecule has 0 saturated carbocycles. The monoisotopic (exact) mass is 476 g/mol. The Labute approximate surface area is 183 Å². The molecule has 30 heavy (non-hydrogen) atoms. The van der Waals surface area contributed by atoms with E-state index in [2.05, 4.69) is 64.6 Å². The van der Waals surface area contributed by atoms with Crippen LogP contribution in [0, 0.1) is 0 Å². The van der Waals surface area contributed by atoms with Gasteiger partial charge < -0.3 is 18.9 Å². The Balaban J connectivity index is 0.000000378. The van der Waals surface area contributed by atoms with E-state index in [1.165, 1.54) is 42.1 Å². The van der Waals surface area contributed by atoms with Crippen molar-refractivity contribution < 1.29 is 35.7 Å². The van der Waals surface area contributed by atoms with E-state index in [0.29, 0.717) is 12.5 Å². The van der Waals surface area contributed by atoms with Crippen LogP contribution in [-0.4, -0.2) is 66.6 Å². The highest BCUT2D eigenvalue weighted by Crippen LogP contribution is 2.40. The molecule has 1 aliphatic heterocycles. The highest BCUT2D eigenvalue weighted by atomic mass is 32.2. The second-order valence-electron chi connectivity index (χ2n) is 7.33. The van der Waals surface area contributed by atoms with Crippen LogP contribution in [0.2, 0.25) is 0 Å². The summed E-state index contributed by atoms with van der Waals surface area (Å²) >= 11 is 1.92. The van der Waals surface area contributed by atoms with E-state index in [1.54, 1.807) is 0 Å². The maximum absolute atomic E-state index is 9.08. The van der Waals surface area contributed by atoms with Crippen LogP contribution in [0.1, 0.15) is 11.1 Å². The molecule has 0 saturated heterocycles. The van der Waals surface area contributed by atoms with Gasteiger partial charge in [-0.25, -0.2) is 16.8 Å². The van der Waals surface area contributed by atoms with Gasteiger partial charge in [0.25, 0.3) is 0 Å². The second-order valence-corrected chi connectivity index (χ2v) is 11.2. The lowest BCUT2D eigenvalue weighted by Gasteiger charge is -2.21. The first-order valence-electron chi connectivity index (χ1n) is 8.91. The molecule has 0 unspecified atom stereocenters. The molecule has 168 valence electrons. The molecule has 0 fully saturated rings. The van der Waals surface area contributed by atoms with Crippen LogP contribution in [0.15, 0.2) is 46.2 Å². The number of benzene rings is 2. The van der Waals surface area contributed by atoms with Gasteiger partial charge in [-0.1, -0.05) is 23.9 Å². The second kappa shape index (κ2) is 10.7. The maximum Gasteiger partial charge on any atom is 0.131 e. The van der Waals surface area contributed by atoms with Gasteiger partial charge in [0, 0.05) is 34.4 Å². The molecular weight excluding hydrogens is 448 g/mol. The van der Waals surface area contributed by atoms with Crippen molar-refractivity contribution >= 4 is 43.4 Å². The molecule has 0 atom stereocenters. The van der Waals surface area contributed by atoms with Crippen LogP contribution >= 0.6 is 11.8 Å². The molecule has 0 spiro atoms. The predicted octanol–water partition coefficient (Wildman–Crippen LogP) is -0.383. The third-order valence-corrected chi connectivity index (χ3v) is 5.09. The van der Waals surface area contributed by atoms with Gasteiger partial charge in [-0.15, -0.1) is 0 Å². The fourth-order valence-electron chi connectivity index (χ4n) is 2.54. The molecule has 8 nitrogen and oxygen atoms in total. The van der Waals surface area contributed by atoms with Crippen LogP contribution < -0.4 is 9.80 Å². The first kappa shape index (κ1) is 26.6. The van der Waals surface area contributed by atoms with Gasteiger partial charge in [0.2, 0.25) is 0 Å². The van der Waals surface area contributed by atoms with Crippen molar-refractivity contribution in [2.45, 2.75) is 16.2 Å². The number of fused-ring (bicyclic) bond motifs is 2. The summed E-state index contributed by atoms with van der Waals surface area (Å²) in [5.41, 5.74) is 5.62. The topological polar surface area (TPSA) is 123 Å². The average Bonchev–Trinajstić information content (AvgIpc) is 2.55. The summed E-state index contributed by atoms with van der Waals surface area (Å²) in [5, 5.41) is 0. The van der Waals surface area contributed by atoms with Crippen molar-refractivity contribution in [1.82, 2.24) is 0 Å². The number of hydrogen-bond acceptors (Lipinski definition) is 7. The van der Waals surface area contributed by atoms with Gasteiger partial charge in [-0.2, -0.15) is 0 Å². The number of nitrogens with one attached hydrogen (secondary N) is 2. The molecule has 0 aliphatic carbocycles. The van der Waals surface area contributed by atoms with E-state index in [0.717, 1.165) is 6.42 Å². The molecule has 0 radical (unpaired) electrons. The number of hydrogen-bond donors (Lipinski definition) is 2. The lowest BCUT2D eigenvalue weighted by molar-refractivity contribution is -0.786. The van der Waals surface area contributed by atoms with Crippen LogP contribution in [0.4, 0.5) is 11.4 Å². The number of quaternary nitrogens is 2. The van der Waals surface area contributed by atoms with E-state index >= 15 is 0 Å². The van der Waals surface area contributed by atoms with Crippen LogP contribution in [0.25, 0.3) is 0 Å². The first-order valence-corrected chi connectivity index (χ1v) is 13.4. The minimum absolute atomic E-state index is 0.604. The molecule has 2 aromatic carbocycles. The summed E-state index contributed by atoms with van der Waals surface area (Å²) in [6.45, 7) is 0. The number of rotatable bonds is 2. The zero-order valence-corrected chi connectivity index (χ0v) is 20.3. The van der Waals surface area contributed by atoms with E-state index in [9.17, 15) is 0 Å². The lowest BCUT2D eigenvalue weighted by atomic mass is 10.0. The van der Waals surface area contributed by atoms with Crippen molar-refractivity contribution in [3.05, 3.63) is 47.5 Å². The maximum atomic E-state index is 9.08. The van der Waals surface area contributed by atoms with Gasteiger partial charge in [0.1, 0.15) is 11.4 Å². The van der Waals surface area contributed by atoms with Crippen LogP contribution in [0.3, 0.4) is 0 Å². The quantitative estimate of drug-likeness (QED) is 0.483. The highest BCUT2D eigenvalue weighted by Gasteiger charge is 2.19. The fraction of sp³-hybridized carbons (Fsp3) is 0.368. The van der Waals surface area contributed by atoms with Crippen molar-refractivity contribution in [1.29, 1.82) is 0 Å². The van der Waals surface area contributed by atoms with E-state index < -0.39 is 20.2 Å². The SMILES string of the molecule is CS(=O)(=O)[O-].CS(=O)(=O)[O-].C[NH+](C)c1ccc2c(c1)Sc1cc([NH+](C)C)ccc1C2. The molecule has 0 aromatic heterocycles. The van der Waals surface area contributed by atoms with Gasteiger partial charge in [-0.05, 0) is 29.7 Å². The van der Waals surface area contributed by atoms with Crippen molar-refractivity contribution in [3.8, 4) is 0 Å². The summed E-state index contributed by atoms with van der Waals surface area (Å²) in [6.07, 6.45) is 2.27. The first-order chi connectivity index (χ1) is 13.5. The van der Waals surface area contributed by atoms with Gasteiger partial charge in [0.15, 0.2) is 0 Å². The third-order valence-electron chi connectivity index (χ3n) is 3.89. The molecule has 0 bridgehead atoms. The molecule has 2 aromatic rings. The minimum atomic E-state index is -3.92. The Hall–Kier alpha value is -1.47. The summed E-state index contributed by atoms with van der Waals surface area (Å²) in [6, 6.07) is 13.8. The van der Waals surface area contributed by atoms with Crippen LogP contribution in [-0.2, 0) is 26.7 Å². The zero-order valence-electron chi connectivity index (χ0n) is 17.8. The molecule has 11 heteroatoms. The molecule has 3 rings (SSSR count). The Morgan fingerprint density at radius 3 is 1.30 bits per heavy atom. The lowest BCUT2D eigenvalue weighted by Crippen LogP contribution is -3.00. The van der Waals surface area contributed by atoms with Crippen molar-refractivity contribution in [2.24, 2.45) is 0 Å². The molecule has 2 N–H and O–H groups in total. The molecule has 1 heterocycles. The zero-order chi connectivity index (χ0) is 23.3. The Bertz CT molecular complexity index is 980. The summed E-state index contributed by atoms with van der Waals surface area (Å²) in [7, 11) is 0.876. The fourth-order valence-corrected chi connectivity index (χ4v) is 3.69. The van der Waals surface area contributed by atoms with E-state index in [1.807, 2.05) is 11.8 Å². The Kier molecular flexibility index (Phi) is 9.49. The van der Waals surface area contributed by atoms with Crippen molar-refractivity contribution in [3.63, 3.8) is 0 Å². The van der Waals surface area contributed by atoms with Gasteiger partial charge in [-0.3, -0.25) is 0 Å². The highest BCUT2D eigenvalue weighted by molar-refractivity contribution is 7.99. The minimum Gasteiger partial charge on any atom is -0.748 e. The smallest absolute Gasteiger partial charge is 0.131 e. The van der Waals surface area contributed by atoms with Crippen LogP contribution in [0.5, 0.6) is 0 Å². The van der Waals surface area contributed by atoms with Crippen molar-refractivity contribution in [2.75, 3.05) is 40.7 Å². The normalized spacial score (nSPS) is 12.9. The van der Waals surface area contributed by atoms with Gasteiger partial charge in [0.05, 0.1) is 48.4 Å². The molecule has 1 aliphatic rings. The molecular formula is C19H28N2O6S3. The van der Waals surface area contributed by atoms with E-state index in [-0.39, 0.29) is 0 Å². The summed E-state index contributed by atoms with van der Waals surface area (Å²) in [4.78, 5) is 5.60.